The maximum Gasteiger partial charge on any atom is 0.498 e. The van der Waals surface area contributed by atoms with Gasteiger partial charge in [0.15, 0.2) is 0 Å². The zero-order valence-electron chi connectivity index (χ0n) is 20.7. The predicted molar refractivity (Wildman–Crippen MR) is 130 cm³/mol. The Balaban J connectivity index is 1.27. The first-order chi connectivity index (χ1) is 16.6. The average molecular weight is 479 g/mol. The summed E-state index contributed by atoms with van der Waals surface area (Å²) in [5.41, 5.74) is 1.29. The quantitative estimate of drug-likeness (QED) is 0.487. The second kappa shape index (κ2) is 8.85. The molecule has 2 saturated heterocycles. The Kier molecular flexibility index (Phi) is 5.98. The van der Waals surface area contributed by atoms with E-state index in [-0.39, 0.29) is 11.7 Å². The third kappa shape index (κ3) is 4.73. The molecule has 0 aliphatic carbocycles. The van der Waals surface area contributed by atoms with Crippen molar-refractivity contribution in [2.24, 2.45) is 7.05 Å². The van der Waals surface area contributed by atoms with Crippen LogP contribution in [0, 0.1) is 0 Å². The van der Waals surface area contributed by atoms with Crippen LogP contribution in [0.2, 0.25) is 0 Å². The van der Waals surface area contributed by atoms with Crippen molar-refractivity contribution in [3.63, 3.8) is 0 Å². The molecule has 0 unspecified atom stereocenters. The van der Waals surface area contributed by atoms with Crippen LogP contribution >= 0.6 is 0 Å². The first kappa shape index (κ1) is 23.6. The van der Waals surface area contributed by atoms with E-state index in [1.54, 1.807) is 29.3 Å². The molecule has 5 rings (SSSR count). The van der Waals surface area contributed by atoms with E-state index in [2.05, 4.69) is 25.1 Å². The molecule has 0 radical (unpaired) electrons. The lowest BCUT2D eigenvalue weighted by Gasteiger charge is -2.33. The lowest BCUT2D eigenvalue weighted by atomic mass is 9.81. The number of rotatable bonds is 5. The van der Waals surface area contributed by atoms with Crippen molar-refractivity contribution < 1.29 is 14.0 Å². The highest BCUT2D eigenvalue weighted by Gasteiger charge is 2.52. The first-order valence-corrected chi connectivity index (χ1v) is 11.7. The lowest BCUT2D eigenvalue weighted by molar-refractivity contribution is 0.00578. The van der Waals surface area contributed by atoms with Crippen molar-refractivity contribution in [3.8, 4) is 11.3 Å². The van der Waals surface area contributed by atoms with Crippen molar-refractivity contribution in [2.75, 3.05) is 24.6 Å². The maximum absolute atomic E-state index is 12.5. The van der Waals surface area contributed by atoms with E-state index in [0.29, 0.717) is 37.9 Å². The standard InChI is InChI=1S/C23H30BN7O4/c1-22(2)23(3,4)35-24(34-22)17-11-25-21(26-12-17)30-8-9-33-18(14-30)15-31-20(32)7-6-19(28-31)16-10-27-29(5)13-16/h6-7,10-13,18H,8-9,14-15H2,1-5H3/t18-/m0/s1. The largest absolute Gasteiger partial charge is 0.498 e. The Bertz CT molecular complexity index is 1240. The molecule has 184 valence electrons. The second-order valence-corrected chi connectivity index (χ2v) is 9.99. The van der Waals surface area contributed by atoms with Crippen LogP contribution < -0.4 is 15.9 Å². The molecule has 0 N–H and O–H groups in total. The van der Waals surface area contributed by atoms with E-state index in [1.165, 1.54) is 10.7 Å². The van der Waals surface area contributed by atoms with Crippen LogP contribution in [-0.2, 0) is 27.6 Å². The number of morpholine rings is 1. The summed E-state index contributed by atoms with van der Waals surface area (Å²) in [5.74, 6) is 0.600. The van der Waals surface area contributed by atoms with E-state index >= 15 is 0 Å². The summed E-state index contributed by atoms with van der Waals surface area (Å²) in [4.78, 5) is 23.6. The molecular weight excluding hydrogens is 449 g/mol. The van der Waals surface area contributed by atoms with Crippen LogP contribution in [0.5, 0.6) is 0 Å². The molecule has 12 heteroatoms. The molecule has 3 aromatic rings. The van der Waals surface area contributed by atoms with Crippen LogP contribution in [0.4, 0.5) is 5.95 Å². The van der Waals surface area contributed by atoms with Gasteiger partial charge in [0.2, 0.25) is 5.95 Å². The first-order valence-electron chi connectivity index (χ1n) is 11.7. The number of hydrogen-bond donors (Lipinski definition) is 0. The topological polar surface area (TPSA) is 109 Å². The molecular formula is C23H30BN7O4. The zero-order chi connectivity index (χ0) is 24.8. The maximum atomic E-state index is 12.5. The van der Waals surface area contributed by atoms with E-state index in [0.717, 1.165) is 11.0 Å². The minimum atomic E-state index is -0.503. The normalized spacial score (nSPS) is 21.5. The number of aromatic nitrogens is 6. The summed E-state index contributed by atoms with van der Waals surface area (Å²) in [7, 11) is 1.34. The highest BCUT2D eigenvalue weighted by molar-refractivity contribution is 6.61. The van der Waals surface area contributed by atoms with E-state index in [1.807, 2.05) is 40.9 Å². The van der Waals surface area contributed by atoms with Crippen molar-refractivity contribution in [1.82, 2.24) is 29.5 Å². The van der Waals surface area contributed by atoms with E-state index in [4.69, 9.17) is 14.0 Å². The number of nitrogens with zero attached hydrogens (tertiary/aromatic N) is 7. The summed E-state index contributed by atoms with van der Waals surface area (Å²) in [6.45, 7) is 10.1. The highest BCUT2D eigenvalue weighted by atomic mass is 16.7. The molecule has 35 heavy (non-hydrogen) atoms. The summed E-state index contributed by atoms with van der Waals surface area (Å²) in [6.07, 6.45) is 6.85. The van der Waals surface area contributed by atoms with Gasteiger partial charge in [-0.15, -0.1) is 0 Å². The summed E-state index contributed by atoms with van der Waals surface area (Å²) < 4.78 is 21.3. The summed E-state index contributed by atoms with van der Waals surface area (Å²) >= 11 is 0. The van der Waals surface area contributed by atoms with E-state index < -0.39 is 18.3 Å². The van der Waals surface area contributed by atoms with Gasteiger partial charge in [0.05, 0.1) is 42.3 Å². The predicted octanol–water partition coefficient (Wildman–Crippen LogP) is 0.638. The van der Waals surface area contributed by atoms with Crippen LogP contribution in [0.3, 0.4) is 0 Å². The van der Waals surface area contributed by atoms with Gasteiger partial charge in [0, 0.05) is 55.8 Å². The molecule has 2 aliphatic heterocycles. The minimum Gasteiger partial charge on any atom is -0.399 e. The molecule has 0 bridgehead atoms. The summed E-state index contributed by atoms with van der Waals surface area (Å²) in [5, 5.41) is 8.70. The van der Waals surface area contributed by atoms with Crippen LogP contribution in [-0.4, -0.2) is 73.6 Å². The molecule has 1 atom stereocenters. The Labute approximate surface area is 204 Å². The lowest BCUT2D eigenvalue weighted by Crippen LogP contribution is -2.46. The molecule has 2 aliphatic rings. The fourth-order valence-electron chi connectivity index (χ4n) is 4.09. The molecule has 5 heterocycles. The second-order valence-electron chi connectivity index (χ2n) is 9.99. The zero-order valence-corrected chi connectivity index (χ0v) is 20.7. The van der Waals surface area contributed by atoms with Gasteiger partial charge < -0.3 is 18.9 Å². The van der Waals surface area contributed by atoms with Gasteiger partial charge in [0.1, 0.15) is 0 Å². The molecule has 0 amide bonds. The Morgan fingerprint density at radius 3 is 2.46 bits per heavy atom. The van der Waals surface area contributed by atoms with Gasteiger partial charge in [-0.2, -0.15) is 10.2 Å². The van der Waals surface area contributed by atoms with E-state index in [9.17, 15) is 4.79 Å². The monoisotopic (exact) mass is 479 g/mol. The van der Waals surface area contributed by atoms with Gasteiger partial charge in [0.25, 0.3) is 5.56 Å². The number of aryl methyl sites for hydroxylation is 1. The van der Waals surface area contributed by atoms with Crippen molar-refractivity contribution in [3.05, 3.63) is 47.3 Å². The average Bonchev–Trinajstić information content (AvgIpc) is 3.35. The van der Waals surface area contributed by atoms with Gasteiger partial charge in [-0.05, 0) is 33.8 Å². The highest BCUT2D eigenvalue weighted by Crippen LogP contribution is 2.36. The Morgan fingerprint density at radius 1 is 1.09 bits per heavy atom. The van der Waals surface area contributed by atoms with Gasteiger partial charge in [-0.3, -0.25) is 9.48 Å². The molecule has 11 nitrogen and oxygen atoms in total. The third-order valence-corrected chi connectivity index (χ3v) is 6.85. The van der Waals surface area contributed by atoms with Crippen LogP contribution in [0.1, 0.15) is 27.7 Å². The summed E-state index contributed by atoms with van der Waals surface area (Å²) in [6, 6.07) is 3.23. The van der Waals surface area contributed by atoms with Crippen LogP contribution in [0.15, 0.2) is 41.7 Å². The molecule has 0 saturated carbocycles. The molecule has 2 fully saturated rings. The minimum absolute atomic E-state index is 0.179. The Morgan fingerprint density at radius 2 is 1.80 bits per heavy atom. The smallest absolute Gasteiger partial charge is 0.399 e. The van der Waals surface area contributed by atoms with Crippen LogP contribution in [0.25, 0.3) is 11.3 Å². The SMILES string of the molecule is Cn1cc(-c2ccc(=O)n(C[C@@H]3CN(c4ncc(B5OC(C)(C)C(C)(C)O5)cn4)CCO3)n2)cn1. The fourth-order valence-corrected chi connectivity index (χ4v) is 4.09. The number of anilines is 1. The molecule has 0 aromatic carbocycles. The Hall–Kier alpha value is -3.09. The van der Waals surface area contributed by atoms with Gasteiger partial charge in [-0.25, -0.2) is 14.6 Å². The van der Waals surface area contributed by atoms with Crippen molar-refractivity contribution >= 4 is 18.5 Å². The number of hydrogen-bond acceptors (Lipinski definition) is 9. The van der Waals surface area contributed by atoms with Crippen molar-refractivity contribution in [1.29, 1.82) is 0 Å². The third-order valence-electron chi connectivity index (χ3n) is 6.85. The van der Waals surface area contributed by atoms with Gasteiger partial charge >= 0.3 is 7.12 Å². The number of ether oxygens (including phenoxy) is 1. The van der Waals surface area contributed by atoms with Crippen molar-refractivity contribution in [2.45, 2.75) is 51.5 Å². The van der Waals surface area contributed by atoms with Gasteiger partial charge in [-0.1, -0.05) is 0 Å². The molecule has 0 spiro atoms. The fraction of sp³-hybridized carbons (Fsp3) is 0.522. The molecule has 3 aromatic heterocycles.